The van der Waals surface area contributed by atoms with Crippen LogP contribution in [0.2, 0.25) is 0 Å². The number of amides is 2. The lowest BCUT2D eigenvalue weighted by atomic mass is 10.1. The molecule has 2 amide bonds. The van der Waals surface area contributed by atoms with E-state index in [4.69, 9.17) is 10.2 Å². The number of nitrogens with zero attached hydrogens (tertiary/aromatic N) is 1. The molecular formula is C16H11N3O4. The van der Waals surface area contributed by atoms with E-state index < -0.39 is 17.4 Å². The number of fused-ring (bicyclic) bond motifs is 2. The van der Waals surface area contributed by atoms with Gasteiger partial charge in [-0.25, -0.2) is 0 Å². The van der Waals surface area contributed by atoms with Gasteiger partial charge in [-0.15, -0.1) is 0 Å². The zero-order valence-corrected chi connectivity index (χ0v) is 12.0. The molecule has 0 bridgehead atoms. The zero-order chi connectivity index (χ0) is 16.3. The Kier molecular flexibility index (Phi) is 2.51. The van der Waals surface area contributed by atoms with Crippen LogP contribution in [0.5, 0.6) is 0 Å². The molecule has 7 heteroatoms. The second-order valence-corrected chi connectivity index (χ2v) is 5.33. The summed E-state index contributed by atoms with van der Waals surface area (Å²) >= 11 is 0. The van der Waals surface area contributed by atoms with Gasteiger partial charge in [0.15, 0.2) is 5.58 Å². The summed E-state index contributed by atoms with van der Waals surface area (Å²) in [5, 5.41) is 2.95. The van der Waals surface area contributed by atoms with Gasteiger partial charge in [0.1, 0.15) is 11.6 Å². The number of hydrogen-bond donors (Lipinski definition) is 2. The lowest BCUT2D eigenvalue weighted by Crippen LogP contribution is -2.24. The van der Waals surface area contributed by atoms with Crippen molar-refractivity contribution in [2.75, 3.05) is 5.73 Å². The monoisotopic (exact) mass is 309 g/mol. The van der Waals surface area contributed by atoms with Crippen molar-refractivity contribution in [1.29, 1.82) is 0 Å². The standard InChI is InChI=1S/C16H11N3O4/c1-7-5-8-3-2-4-10(13(8)23-7)19-11(20)6-9-12(14(19)17)16(22)18-15(9)21/h2-6H,17H2,1H3,(H,18,21,22). The number of benzene rings is 1. The summed E-state index contributed by atoms with van der Waals surface area (Å²) in [7, 11) is 0. The molecule has 0 atom stereocenters. The van der Waals surface area contributed by atoms with Crippen LogP contribution in [0.15, 0.2) is 39.5 Å². The Bertz CT molecular complexity index is 1070. The quantitative estimate of drug-likeness (QED) is 0.660. The average Bonchev–Trinajstić information content (AvgIpc) is 2.99. The number of furan rings is 1. The van der Waals surface area contributed by atoms with Crippen molar-refractivity contribution < 1.29 is 14.0 Å². The van der Waals surface area contributed by atoms with E-state index in [2.05, 4.69) is 5.32 Å². The number of anilines is 1. The molecule has 1 aliphatic heterocycles. The van der Waals surface area contributed by atoms with Crippen molar-refractivity contribution in [3.63, 3.8) is 0 Å². The van der Waals surface area contributed by atoms with E-state index >= 15 is 0 Å². The van der Waals surface area contributed by atoms with Gasteiger partial charge in [-0.2, -0.15) is 0 Å². The number of rotatable bonds is 1. The molecule has 0 saturated carbocycles. The van der Waals surface area contributed by atoms with Crippen molar-refractivity contribution in [3.05, 3.63) is 57.6 Å². The molecule has 0 unspecified atom stereocenters. The second-order valence-electron chi connectivity index (χ2n) is 5.33. The molecule has 3 aromatic rings. The van der Waals surface area contributed by atoms with Gasteiger partial charge in [-0.05, 0) is 19.1 Å². The van der Waals surface area contributed by atoms with Crippen molar-refractivity contribution in [1.82, 2.24) is 9.88 Å². The largest absolute Gasteiger partial charge is 0.459 e. The Morgan fingerprint density at radius 3 is 2.70 bits per heavy atom. The van der Waals surface area contributed by atoms with Gasteiger partial charge in [0, 0.05) is 11.5 Å². The molecule has 3 N–H and O–H groups in total. The van der Waals surface area contributed by atoms with E-state index in [0.29, 0.717) is 17.0 Å². The number of hydrogen-bond acceptors (Lipinski definition) is 5. The smallest absolute Gasteiger partial charge is 0.262 e. The number of carbonyl (C=O) groups is 2. The Morgan fingerprint density at radius 1 is 1.13 bits per heavy atom. The van der Waals surface area contributed by atoms with Crippen molar-refractivity contribution >= 4 is 28.6 Å². The molecule has 3 heterocycles. The third-order valence-corrected chi connectivity index (χ3v) is 3.84. The third kappa shape index (κ3) is 1.73. The van der Waals surface area contributed by atoms with Crippen LogP contribution in [0.4, 0.5) is 5.82 Å². The number of pyridine rings is 1. The topological polar surface area (TPSA) is 107 Å². The molecule has 0 saturated heterocycles. The first kappa shape index (κ1) is 13.3. The Hall–Kier alpha value is -3.35. The molecular weight excluding hydrogens is 298 g/mol. The molecule has 4 rings (SSSR count). The fraction of sp³-hybridized carbons (Fsp3) is 0.0625. The molecule has 0 aliphatic carbocycles. The number of imide groups is 1. The molecule has 23 heavy (non-hydrogen) atoms. The number of carbonyl (C=O) groups excluding carboxylic acids is 2. The van der Waals surface area contributed by atoms with E-state index in [1.807, 2.05) is 12.1 Å². The van der Waals surface area contributed by atoms with E-state index in [-0.39, 0.29) is 16.9 Å². The van der Waals surface area contributed by atoms with Gasteiger partial charge >= 0.3 is 0 Å². The first-order valence-corrected chi connectivity index (χ1v) is 6.88. The van der Waals surface area contributed by atoms with Crippen LogP contribution < -0.4 is 16.6 Å². The summed E-state index contributed by atoms with van der Waals surface area (Å²) in [6.07, 6.45) is 0. The van der Waals surface area contributed by atoms with Gasteiger partial charge in [0.2, 0.25) is 0 Å². The van der Waals surface area contributed by atoms with Crippen LogP contribution in [-0.2, 0) is 0 Å². The molecule has 7 nitrogen and oxygen atoms in total. The first-order valence-electron chi connectivity index (χ1n) is 6.88. The predicted molar refractivity (Wildman–Crippen MR) is 82.8 cm³/mol. The normalized spacial score (nSPS) is 13.4. The van der Waals surface area contributed by atoms with E-state index in [0.717, 1.165) is 11.5 Å². The highest BCUT2D eigenvalue weighted by Crippen LogP contribution is 2.28. The number of nitrogens with two attached hydrogens (primary N) is 1. The molecule has 2 aromatic heterocycles. The highest BCUT2D eigenvalue weighted by atomic mass is 16.3. The van der Waals surface area contributed by atoms with Gasteiger partial charge in [-0.1, -0.05) is 12.1 Å². The Balaban J connectivity index is 2.11. The summed E-state index contributed by atoms with van der Waals surface area (Å²) in [4.78, 5) is 36.1. The van der Waals surface area contributed by atoms with Crippen LogP contribution in [0, 0.1) is 6.92 Å². The second kappa shape index (κ2) is 4.33. The van der Waals surface area contributed by atoms with Gasteiger partial charge in [-0.3, -0.25) is 24.3 Å². The Morgan fingerprint density at radius 2 is 1.91 bits per heavy atom. The van der Waals surface area contributed by atoms with Gasteiger partial charge in [0.05, 0.1) is 16.8 Å². The molecule has 1 aliphatic rings. The molecule has 1 aromatic carbocycles. The fourth-order valence-electron chi connectivity index (χ4n) is 2.88. The third-order valence-electron chi connectivity index (χ3n) is 3.84. The van der Waals surface area contributed by atoms with Crippen LogP contribution in [0.25, 0.3) is 16.7 Å². The van der Waals surface area contributed by atoms with E-state index in [1.54, 1.807) is 19.1 Å². The molecule has 0 radical (unpaired) electrons. The number of para-hydroxylation sites is 1. The molecule has 0 spiro atoms. The SMILES string of the molecule is Cc1cc2cccc(-n3c(N)c4c(cc3=O)C(=O)NC4=O)c2o1. The Labute approximate surface area is 129 Å². The minimum atomic E-state index is -0.618. The van der Waals surface area contributed by atoms with Crippen molar-refractivity contribution in [3.8, 4) is 5.69 Å². The molecule has 114 valence electrons. The maximum absolute atomic E-state index is 12.5. The zero-order valence-electron chi connectivity index (χ0n) is 12.0. The fourth-order valence-corrected chi connectivity index (χ4v) is 2.88. The molecule has 0 fully saturated rings. The van der Waals surface area contributed by atoms with Gasteiger partial charge < -0.3 is 10.2 Å². The summed E-state index contributed by atoms with van der Waals surface area (Å²) in [5.74, 6) is -0.627. The van der Waals surface area contributed by atoms with Crippen LogP contribution >= 0.6 is 0 Å². The number of nitrogens with one attached hydrogen (secondary N) is 1. The lowest BCUT2D eigenvalue weighted by Gasteiger charge is -2.12. The minimum absolute atomic E-state index is 0.00319. The van der Waals surface area contributed by atoms with Crippen LogP contribution in [-0.4, -0.2) is 16.4 Å². The van der Waals surface area contributed by atoms with Gasteiger partial charge in [0.25, 0.3) is 17.4 Å². The summed E-state index contributed by atoms with van der Waals surface area (Å²) in [6.45, 7) is 1.80. The highest BCUT2D eigenvalue weighted by Gasteiger charge is 2.32. The number of aryl methyl sites for hydroxylation is 1. The van der Waals surface area contributed by atoms with Crippen LogP contribution in [0.1, 0.15) is 26.5 Å². The maximum atomic E-state index is 12.5. The van der Waals surface area contributed by atoms with E-state index in [9.17, 15) is 14.4 Å². The van der Waals surface area contributed by atoms with E-state index in [1.165, 1.54) is 4.57 Å². The highest BCUT2D eigenvalue weighted by molar-refractivity contribution is 6.23. The van der Waals surface area contributed by atoms with Crippen molar-refractivity contribution in [2.24, 2.45) is 0 Å². The number of nitrogen functional groups attached to an aromatic ring is 1. The first-order chi connectivity index (χ1) is 11.0. The van der Waals surface area contributed by atoms with Crippen LogP contribution in [0.3, 0.4) is 0 Å². The summed E-state index contributed by atoms with van der Waals surface area (Å²) in [5.41, 5.74) is 6.44. The summed E-state index contributed by atoms with van der Waals surface area (Å²) < 4.78 is 6.83. The lowest BCUT2D eigenvalue weighted by molar-refractivity contribution is 0.0880. The minimum Gasteiger partial charge on any atom is -0.459 e. The summed E-state index contributed by atoms with van der Waals surface area (Å²) in [6, 6.07) is 8.23. The number of aromatic nitrogens is 1. The maximum Gasteiger partial charge on any atom is 0.262 e. The average molecular weight is 309 g/mol. The predicted octanol–water partition coefficient (Wildman–Crippen LogP) is 1.36. The van der Waals surface area contributed by atoms with Crippen molar-refractivity contribution in [2.45, 2.75) is 6.92 Å².